The number of nitrogens with zero attached hydrogens (tertiary/aromatic N) is 6. The van der Waals surface area contributed by atoms with E-state index in [4.69, 9.17) is 9.26 Å². The van der Waals surface area contributed by atoms with E-state index in [9.17, 15) is 0 Å². The lowest BCUT2D eigenvalue weighted by molar-refractivity contribution is 0.0326. The third-order valence-electron chi connectivity index (χ3n) is 4.81. The Morgan fingerprint density at radius 3 is 3.04 bits per heavy atom. The summed E-state index contributed by atoms with van der Waals surface area (Å²) in [4.78, 5) is 13.1. The number of nitrogens with one attached hydrogen (secondary N) is 1. The van der Waals surface area contributed by atoms with Crippen molar-refractivity contribution in [3.8, 4) is 0 Å². The quantitative estimate of drug-likeness (QED) is 0.751. The van der Waals surface area contributed by atoms with E-state index in [1.807, 2.05) is 7.05 Å². The first-order valence-electron chi connectivity index (χ1n) is 8.63. The maximum Gasteiger partial charge on any atom is 0.255 e. The molecule has 5 rings (SSSR count). The monoisotopic (exact) mass is 341 g/mol. The second kappa shape index (κ2) is 5.76. The van der Waals surface area contributed by atoms with Crippen LogP contribution in [-0.4, -0.2) is 42.5 Å². The summed E-state index contributed by atoms with van der Waals surface area (Å²) >= 11 is 0. The Kier molecular flexibility index (Phi) is 3.40. The van der Waals surface area contributed by atoms with Crippen molar-refractivity contribution in [1.29, 1.82) is 0 Å². The van der Waals surface area contributed by atoms with Gasteiger partial charge in [0.2, 0.25) is 0 Å². The molecule has 3 aromatic rings. The van der Waals surface area contributed by atoms with Gasteiger partial charge in [-0.05, 0) is 25.7 Å². The van der Waals surface area contributed by atoms with E-state index >= 15 is 0 Å². The average Bonchev–Trinajstić information content (AvgIpc) is 3.04. The number of fused-ring (bicyclic) bond motifs is 1. The van der Waals surface area contributed by atoms with Gasteiger partial charge in [-0.15, -0.1) is 0 Å². The zero-order chi connectivity index (χ0) is 16.8. The topological polar surface area (TPSA) is 104 Å². The molecule has 0 radical (unpaired) electrons. The zero-order valence-corrected chi connectivity index (χ0v) is 13.9. The van der Waals surface area contributed by atoms with Gasteiger partial charge in [-0.25, -0.2) is 9.97 Å². The standard InChI is InChI=1S/C16H19N7O2/c1-23-15-11(7-20-23)14(18-8-19-15)17-6-10-4-5-12(24-10)16-21-13(22-25-16)9-2-3-9/h7-10,12H,2-6H2,1H3,(H,17,18,19)/t10-,12+/m1/s1. The van der Waals surface area contributed by atoms with Crippen LogP contribution in [0.4, 0.5) is 5.82 Å². The predicted molar refractivity (Wildman–Crippen MR) is 87.9 cm³/mol. The molecule has 1 saturated carbocycles. The summed E-state index contributed by atoms with van der Waals surface area (Å²) in [7, 11) is 1.87. The van der Waals surface area contributed by atoms with Crippen LogP contribution in [-0.2, 0) is 11.8 Å². The highest BCUT2D eigenvalue weighted by atomic mass is 16.5. The van der Waals surface area contributed by atoms with E-state index < -0.39 is 0 Å². The zero-order valence-electron chi connectivity index (χ0n) is 13.9. The normalized spacial score (nSPS) is 23.4. The Labute approximate surface area is 143 Å². The minimum atomic E-state index is -0.101. The van der Waals surface area contributed by atoms with Gasteiger partial charge in [0, 0.05) is 19.5 Å². The van der Waals surface area contributed by atoms with Crippen LogP contribution in [0.3, 0.4) is 0 Å². The van der Waals surface area contributed by atoms with Crippen LogP contribution in [0, 0.1) is 0 Å². The van der Waals surface area contributed by atoms with Crippen LogP contribution in [0.25, 0.3) is 11.0 Å². The molecule has 0 amide bonds. The minimum absolute atomic E-state index is 0.0861. The Hall–Kier alpha value is -2.55. The minimum Gasteiger partial charge on any atom is -0.367 e. The largest absolute Gasteiger partial charge is 0.367 e. The number of aromatic nitrogens is 6. The molecule has 0 spiro atoms. The van der Waals surface area contributed by atoms with Crippen LogP contribution in [0.5, 0.6) is 0 Å². The number of rotatable bonds is 5. The Bertz CT molecular complexity index is 901. The predicted octanol–water partition coefficient (Wildman–Crippen LogP) is 1.96. The fraction of sp³-hybridized carbons (Fsp3) is 0.562. The number of ether oxygens (including phenoxy) is 1. The average molecular weight is 341 g/mol. The van der Waals surface area contributed by atoms with Crippen molar-refractivity contribution in [2.75, 3.05) is 11.9 Å². The number of anilines is 1. The van der Waals surface area contributed by atoms with Gasteiger partial charge in [0.15, 0.2) is 11.5 Å². The summed E-state index contributed by atoms with van der Waals surface area (Å²) in [5.74, 6) is 2.72. The third kappa shape index (κ3) is 2.74. The molecule has 130 valence electrons. The van der Waals surface area contributed by atoms with Crippen LogP contribution >= 0.6 is 0 Å². The van der Waals surface area contributed by atoms with Gasteiger partial charge in [-0.3, -0.25) is 4.68 Å². The highest BCUT2D eigenvalue weighted by Gasteiger charge is 2.34. The smallest absolute Gasteiger partial charge is 0.255 e. The Morgan fingerprint density at radius 1 is 1.24 bits per heavy atom. The molecular weight excluding hydrogens is 322 g/mol. The molecular formula is C16H19N7O2. The van der Waals surface area contributed by atoms with Crippen molar-refractivity contribution in [3.05, 3.63) is 24.2 Å². The van der Waals surface area contributed by atoms with E-state index in [2.05, 4.69) is 30.5 Å². The van der Waals surface area contributed by atoms with E-state index in [-0.39, 0.29) is 12.2 Å². The van der Waals surface area contributed by atoms with E-state index in [0.717, 1.165) is 35.5 Å². The molecule has 25 heavy (non-hydrogen) atoms. The first-order chi connectivity index (χ1) is 12.3. The molecule has 2 fully saturated rings. The summed E-state index contributed by atoms with van der Waals surface area (Å²) in [6.07, 6.45) is 7.47. The van der Waals surface area contributed by atoms with Crippen molar-refractivity contribution >= 4 is 16.9 Å². The molecule has 2 aliphatic rings. The van der Waals surface area contributed by atoms with Gasteiger partial charge < -0.3 is 14.6 Å². The summed E-state index contributed by atoms with van der Waals surface area (Å²) < 4.78 is 13.2. The second-order valence-corrected chi connectivity index (χ2v) is 6.70. The van der Waals surface area contributed by atoms with Crippen molar-refractivity contribution < 1.29 is 9.26 Å². The van der Waals surface area contributed by atoms with Crippen LogP contribution < -0.4 is 5.32 Å². The molecule has 0 aromatic carbocycles. The van der Waals surface area contributed by atoms with Crippen molar-refractivity contribution in [2.24, 2.45) is 7.05 Å². The van der Waals surface area contributed by atoms with Gasteiger partial charge in [0.25, 0.3) is 5.89 Å². The molecule has 0 unspecified atom stereocenters. The van der Waals surface area contributed by atoms with Gasteiger partial charge >= 0.3 is 0 Å². The summed E-state index contributed by atoms with van der Waals surface area (Å²) in [5.41, 5.74) is 0.807. The maximum absolute atomic E-state index is 6.08. The molecule has 1 aliphatic carbocycles. The maximum atomic E-state index is 6.08. The van der Waals surface area contributed by atoms with Crippen LogP contribution in [0.15, 0.2) is 17.0 Å². The molecule has 9 heteroatoms. The lowest BCUT2D eigenvalue weighted by atomic mass is 10.2. The molecule has 1 aliphatic heterocycles. The number of aryl methyl sites for hydroxylation is 1. The van der Waals surface area contributed by atoms with E-state index in [1.54, 1.807) is 17.2 Å². The second-order valence-electron chi connectivity index (χ2n) is 6.70. The van der Waals surface area contributed by atoms with Crippen molar-refractivity contribution in [3.63, 3.8) is 0 Å². The summed E-state index contributed by atoms with van der Waals surface area (Å²) in [6.45, 7) is 0.668. The van der Waals surface area contributed by atoms with Gasteiger partial charge in [0.05, 0.1) is 17.7 Å². The van der Waals surface area contributed by atoms with Crippen molar-refractivity contribution in [1.82, 2.24) is 29.9 Å². The third-order valence-corrected chi connectivity index (χ3v) is 4.81. The SMILES string of the molecule is Cn1ncc2c(NC[C@H]3CC[C@@H](c4nc(C5CC5)no4)O3)ncnc21. The molecule has 0 bridgehead atoms. The Balaban J connectivity index is 1.23. The van der Waals surface area contributed by atoms with Crippen LogP contribution in [0.2, 0.25) is 0 Å². The molecule has 9 nitrogen and oxygen atoms in total. The number of hydrogen-bond acceptors (Lipinski definition) is 8. The first-order valence-corrected chi connectivity index (χ1v) is 8.63. The van der Waals surface area contributed by atoms with Gasteiger partial charge in [-0.2, -0.15) is 10.1 Å². The fourth-order valence-electron chi connectivity index (χ4n) is 3.24. The highest BCUT2D eigenvalue weighted by Crippen LogP contribution is 2.39. The molecule has 4 heterocycles. The lowest BCUT2D eigenvalue weighted by Gasteiger charge is -2.13. The number of hydrogen-bond donors (Lipinski definition) is 1. The molecule has 2 atom stereocenters. The Morgan fingerprint density at radius 2 is 2.16 bits per heavy atom. The first kappa shape index (κ1) is 14.8. The molecule has 3 aromatic heterocycles. The summed E-state index contributed by atoms with van der Waals surface area (Å²) in [5, 5.41) is 12.6. The fourth-order valence-corrected chi connectivity index (χ4v) is 3.24. The highest BCUT2D eigenvalue weighted by molar-refractivity contribution is 5.85. The van der Waals surface area contributed by atoms with Gasteiger partial charge in [-0.1, -0.05) is 5.16 Å². The van der Waals surface area contributed by atoms with Gasteiger partial charge in [0.1, 0.15) is 18.2 Å². The van der Waals surface area contributed by atoms with Crippen molar-refractivity contribution in [2.45, 2.75) is 43.8 Å². The van der Waals surface area contributed by atoms with E-state index in [0.29, 0.717) is 18.4 Å². The molecule has 1 saturated heterocycles. The lowest BCUT2D eigenvalue weighted by Crippen LogP contribution is -2.19. The van der Waals surface area contributed by atoms with E-state index in [1.165, 1.54) is 12.8 Å². The summed E-state index contributed by atoms with van der Waals surface area (Å²) in [6, 6.07) is 0. The molecule has 1 N–H and O–H groups in total. The van der Waals surface area contributed by atoms with Crippen LogP contribution in [0.1, 0.15) is 49.4 Å².